The molecule has 0 aromatic carbocycles. The van der Waals surface area contributed by atoms with Gasteiger partial charge in [0.05, 0.1) is 29.2 Å². The number of rotatable bonds is 10. The monoisotopic (exact) mass is 580 g/mol. The van der Waals surface area contributed by atoms with Crippen molar-refractivity contribution in [3.05, 3.63) is 95.6 Å². The van der Waals surface area contributed by atoms with Crippen molar-refractivity contribution in [2.24, 2.45) is 0 Å². The molecule has 0 radical (unpaired) electrons. The Labute approximate surface area is 251 Å². The zero-order valence-corrected chi connectivity index (χ0v) is 25.1. The van der Waals surface area contributed by atoms with Crippen molar-refractivity contribution in [1.82, 2.24) is 30.2 Å². The summed E-state index contributed by atoms with van der Waals surface area (Å²) in [5.74, 6) is -1.15. The lowest BCUT2D eigenvalue weighted by atomic mass is 10.1. The maximum atomic E-state index is 13.4. The molecule has 4 rings (SSSR count). The van der Waals surface area contributed by atoms with E-state index in [9.17, 15) is 14.4 Å². The maximum absolute atomic E-state index is 13.4. The van der Waals surface area contributed by atoms with E-state index in [-0.39, 0.29) is 37.9 Å². The number of nitrogens with zero attached hydrogens (tertiary/aromatic N) is 5. The molecule has 4 aromatic rings. The molecular formula is C33H36N6O4. The molecule has 10 heteroatoms. The Kier molecular flexibility index (Phi) is 9.92. The van der Waals surface area contributed by atoms with Crippen LogP contribution in [0.2, 0.25) is 0 Å². The topological polar surface area (TPSA) is 127 Å². The Morgan fingerprint density at radius 1 is 0.767 bits per heavy atom. The summed E-state index contributed by atoms with van der Waals surface area (Å²) in [5, 5.41) is 2.84. The van der Waals surface area contributed by atoms with Crippen LogP contribution < -0.4 is 5.32 Å². The van der Waals surface area contributed by atoms with Crippen molar-refractivity contribution in [1.29, 1.82) is 0 Å². The number of hydrogen-bond donors (Lipinski definition) is 1. The Balaban J connectivity index is 1.44. The summed E-state index contributed by atoms with van der Waals surface area (Å²) in [4.78, 5) is 58.0. The largest absolute Gasteiger partial charge is 0.459 e. The number of carbonyl (C=O) groups is 3. The number of nitrogens with one attached hydrogen (secondary N) is 1. The number of amides is 2. The van der Waals surface area contributed by atoms with Crippen LogP contribution in [0.3, 0.4) is 0 Å². The van der Waals surface area contributed by atoms with Crippen LogP contribution in [0.1, 0.15) is 47.8 Å². The van der Waals surface area contributed by atoms with Crippen molar-refractivity contribution < 1.29 is 19.1 Å². The minimum atomic E-state index is -0.702. The molecule has 0 saturated carbocycles. The van der Waals surface area contributed by atoms with Gasteiger partial charge in [0.2, 0.25) is 5.91 Å². The molecule has 0 atom stereocenters. The van der Waals surface area contributed by atoms with Crippen molar-refractivity contribution in [2.75, 3.05) is 19.6 Å². The van der Waals surface area contributed by atoms with Gasteiger partial charge < -0.3 is 15.0 Å². The average molecular weight is 581 g/mol. The van der Waals surface area contributed by atoms with Gasteiger partial charge in [-0.05, 0) is 99.8 Å². The molecule has 0 aliphatic carbocycles. The second-order valence-corrected chi connectivity index (χ2v) is 11.3. The lowest BCUT2D eigenvalue weighted by molar-refractivity contribution is -0.158. The minimum Gasteiger partial charge on any atom is -0.459 e. The Bertz CT molecular complexity index is 1620. The second-order valence-electron chi connectivity index (χ2n) is 11.3. The van der Waals surface area contributed by atoms with Gasteiger partial charge in [0.15, 0.2) is 0 Å². The summed E-state index contributed by atoms with van der Waals surface area (Å²) < 4.78 is 5.47. The zero-order valence-electron chi connectivity index (χ0n) is 25.1. The van der Waals surface area contributed by atoms with Crippen LogP contribution in [0, 0.1) is 13.8 Å². The third kappa shape index (κ3) is 9.26. The Morgan fingerprint density at radius 3 is 1.88 bits per heavy atom. The molecule has 1 N–H and O–H groups in total. The van der Waals surface area contributed by atoms with Crippen molar-refractivity contribution in [2.45, 2.75) is 46.6 Å². The predicted molar refractivity (Wildman–Crippen MR) is 163 cm³/mol. The molecule has 2 amide bonds. The molecule has 0 fully saturated rings. The number of hydrogen-bond acceptors (Lipinski definition) is 8. The highest BCUT2D eigenvalue weighted by Crippen LogP contribution is 2.18. The van der Waals surface area contributed by atoms with Gasteiger partial charge in [-0.3, -0.25) is 34.3 Å². The summed E-state index contributed by atoms with van der Waals surface area (Å²) in [7, 11) is 0. The summed E-state index contributed by atoms with van der Waals surface area (Å²) >= 11 is 0. The van der Waals surface area contributed by atoms with Gasteiger partial charge in [-0.15, -0.1) is 0 Å². The number of carbonyl (C=O) groups excluding carboxylic acids is 3. The first-order valence-electron chi connectivity index (χ1n) is 14.0. The predicted octanol–water partition coefficient (Wildman–Crippen LogP) is 4.36. The van der Waals surface area contributed by atoms with Crippen molar-refractivity contribution >= 4 is 17.8 Å². The van der Waals surface area contributed by atoms with Crippen LogP contribution in [0.5, 0.6) is 0 Å². The smallest absolute Gasteiger partial charge is 0.326 e. The molecule has 0 bridgehead atoms. The molecule has 0 saturated heterocycles. The quantitative estimate of drug-likeness (QED) is 0.274. The van der Waals surface area contributed by atoms with E-state index in [0.717, 1.165) is 16.7 Å². The van der Waals surface area contributed by atoms with Crippen LogP contribution in [0.4, 0.5) is 0 Å². The molecule has 0 spiro atoms. The van der Waals surface area contributed by atoms with Crippen LogP contribution in [0.15, 0.2) is 73.3 Å². The fourth-order valence-electron chi connectivity index (χ4n) is 4.30. The van der Waals surface area contributed by atoms with Gasteiger partial charge in [-0.25, -0.2) is 0 Å². The van der Waals surface area contributed by atoms with Crippen LogP contribution in [-0.4, -0.2) is 67.9 Å². The van der Waals surface area contributed by atoms with Gasteiger partial charge in [-0.1, -0.05) is 0 Å². The standard InChI is InChI=1S/C33H36N6O4/c1-22-6-10-34-26(16-22)28-18-24(8-12-36-28)19-30(40)39(21-31(41)43-33(3,4)5)15-14-38-32(42)25-9-13-37-29(20-25)27-17-23(2)7-11-35-27/h6-13,16-18,20H,14-15,19,21H2,1-5H3,(H,38,42). The van der Waals surface area contributed by atoms with Gasteiger partial charge in [-0.2, -0.15) is 0 Å². The first-order chi connectivity index (χ1) is 20.5. The minimum absolute atomic E-state index is 0.0370. The molecule has 222 valence electrons. The lowest BCUT2D eigenvalue weighted by Gasteiger charge is -2.25. The first kappa shape index (κ1) is 31.0. The first-order valence-corrected chi connectivity index (χ1v) is 14.0. The summed E-state index contributed by atoms with van der Waals surface area (Å²) in [5.41, 5.74) is 5.12. The second kappa shape index (κ2) is 13.8. The fraction of sp³-hybridized carbons (Fsp3) is 0.303. The van der Waals surface area contributed by atoms with E-state index in [1.807, 2.05) is 44.2 Å². The van der Waals surface area contributed by atoms with E-state index in [2.05, 4.69) is 25.3 Å². The van der Waals surface area contributed by atoms with Crippen LogP contribution >= 0.6 is 0 Å². The number of aryl methyl sites for hydroxylation is 2. The summed E-state index contributed by atoms with van der Waals surface area (Å²) in [6.07, 6.45) is 6.64. The highest BCUT2D eigenvalue weighted by Gasteiger charge is 2.23. The Hall–Kier alpha value is -4.99. The molecule has 4 aromatic heterocycles. The van der Waals surface area contributed by atoms with Crippen LogP contribution in [0.25, 0.3) is 22.8 Å². The SMILES string of the molecule is Cc1ccnc(-c2cc(CC(=O)N(CCNC(=O)c3ccnc(-c4cc(C)ccn4)c3)CC(=O)OC(C)(C)C)ccn2)c1. The molecule has 0 unspecified atom stereocenters. The average Bonchev–Trinajstić information content (AvgIpc) is 2.96. The molecule has 0 aliphatic heterocycles. The third-order valence-electron chi connectivity index (χ3n) is 6.32. The molecule has 10 nitrogen and oxygen atoms in total. The molecule has 43 heavy (non-hydrogen) atoms. The number of esters is 1. The highest BCUT2D eigenvalue weighted by molar-refractivity contribution is 5.95. The van der Waals surface area contributed by atoms with Crippen molar-refractivity contribution in [3.63, 3.8) is 0 Å². The zero-order chi connectivity index (χ0) is 31.0. The number of pyridine rings is 4. The van der Waals surface area contributed by atoms with E-state index in [1.54, 1.807) is 63.8 Å². The molecule has 4 heterocycles. The summed E-state index contributed by atoms with van der Waals surface area (Å²) in [6, 6.07) is 14.5. The van der Waals surface area contributed by atoms with Gasteiger partial charge in [0.25, 0.3) is 5.91 Å². The lowest BCUT2D eigenvalue weighted by Crippen LogP contribution is -2.43. The maximum Gasteiger partial charge on any atom is 0.326 e. The Morgan fingerprint density at radius 2 is 1.30 bits per heavy atom. The van der Waals surface area contributed by atoms with E-state index < -0.39 is 11.6 Å². The van der Waals surface area contributed by atoms with E-state index in [0.29, 0.717) is 28.3 Å². The fourth-order valence-corrected chi connectivity index (χ4v) is 4.30. The highest BCUT2D eigenvalue weighted by atomic mass is 16.6. The number of ether oxygens (including phenoxy) is 1. The van der Waals surface area contributed by atoms with Gasteiger partial charge in [0, 0.05) is 43.4 Å². The van der Waals surface area contributed by atoms with Gasteiger partial charge in [0.1, 0.15) is 12.1 Å². The molecule has 0 aliphatic rings. The van der Waals surface area contributed by atoms with Crippen LogP contribution in [-0.2, 0) is 20.7 Å². The molecular weight excluding hydrogens is 544 g/mol. The summed E-state index contributed by atoms with van der Waals surface area (Å²) in [6.45, 7) is 9.23. The van der Waals surface area contributed by atoms with E-state index >= 15 is 0 Å². The van der Waals surface area contributed by atoms with E-state index in [1.165, 1.54) is 4.90 Å². The van der Waals surface area contributed by atoms with Gasteiger partial charge >= 0.3 is 5.97 Å². The third-order valence-corrected chi connectivity index (χ3v) is 6.32. The normalized spacial score (nSPS) is 11.1. The number of aromatic nitrogens is 4. The van der Waals surface area contributed by atoms with Crippen molar-refractivity contribution in [3.8, 4) is 22.8 Å². The van der Waals surface area contributed by atoms with E-state index in [4.69, 9.17) is 4.74 Å².